The summed E-state index contributed by atoms with van der Waals surface area (Å²) >= 11 is 0. The highest BCUT2D eigenvalue weighted by Gasteiger charge is 2.17. The summed E-state index contributed by atoms with van der Waals surface area (Å²) < 4.78 is 5.52. The molecule has 0 aromatic carbocycles. The molecule has 0 aromatic heterocycles. The maximum absolute atomic E-state index is 9.56. The summed E-state index contributed by atoms with van der Waals surface area (Å²) in [6.45, 7) is 0.854. The van der Waals surface area contributed by atoms with Crippen LogP contribution >= 0.6 is 0 Å². The molecule has 1 heterocycles. The van der Waals surface area contributed by atoms with Crippen LogP contribution in [-0.2, 0) is 4.74 Å². The lowest BCUT2D eigenvalue weighted by Gasteiger charge is -2.24. The normalized spacial score (nSPS) is 25.1. The van der Waals surface area contributed by atoms with Gasteiger partial charge < -0.3 is 9.84 Å². The van der Waals surface area contributed by atoms with Gasteiger partial charge in [0.2, 0.25) is 0 Å². The van der Waals surface area contributed by atoms with E-state index in [9.17, 15) is 5.11 Å². The van der Waals surface area contributed by atoms with E-state index in [0.29, 0.717) is 12.8 Å². The SMILES string of the molecule is C#CCCC(O)CC1CCCCO1. The fraction of sp³-hybridized carbons (Fsp3) is 0.818. The minimum atomic E-state index is -0.279. The van der Waals surface area contributed by atoms with Gasteiger partial charge in [-0.1, -0.05) is 0 Å². The second-order valence-corrected chi connectivity index (χ2v) is 3.62. The summed E-state index contributed by atoms with van der Waals surface area (Å²) in [5, 5.41) is 9.56. The van der Waals surface area contributed by atoms with Crippen LogP contribution in [0.4, 0.5) is 0 Å². The van der Waals surface area contributed by atoms with Crippen LogP contribution in [0.25, 0.3) is 0 Å². The number of hydrogen-bond donors (Lipinski definition) is 1. The first kappa shape index (κ1) is 10.6. The highest BCUT2D eigenvalue weighted by atomic mass is 16.5. The van der Waals surface area contributed by atoms with Gasteiger partial charge in [-0.2, -0.15) is 0 Å². The van der Waals surface area contributed by atoms with E-state index in [1.807, 2.05) is 0 Å². The number of aliphatic hydroxyl groups excluding tert-OH is 1. The van der Waals surface area contributed by atoms with Crippen LogP contribution in [0.1, 0.15) is 38.5 Å². The van der Waals surface area contributed by atoms with Crippen molar-refractivity contribution >= 4 is 0 Å². The molecule has 0 saturated carbocycles. The third-order valence-electron chi connectivity index (χ3n) is 2.43. The fourth-order valence-electron chi connectivity index (χ4n) is 1.66. The Kier molecular flexibility index (Phi) is 4.88. The number of hydrogen-bond acceptors (Lipinski definition) is 2. The molecule has 2 unspecified atom stereocenters. The maximum Gasteiger partial charge on any atom is 0.0599 e. The zero-order chi connectivity index (χ0) is 9.52. The average molecular weight is 182 g/mol. The number of ether oxygens (including phenoxy) is 1. The maximum atomic E-state index is 9.56. The molecule has 1 fully saturated rings. The summed E-state index contributed by atoms with van der Waals surface area (Å²) in [6.07, 6.45) is 10.7. The smallest absolute Gasteiger partial charge is 0.0599 e. The second kappa shape index (κ2) is 6.01. The highest BCUT2D eigenvalue weighted by molar-refractivity contribution is 4.84. The zero-order valence-electron chi connectivity index (χ0n) is 8.04. The Balaban J connectivity index is 2.11. The second-order valence-electron chi connectivity index (χ2n) is 3.62. The molecule has 1 saturated heterocycles. The van der Waals surface area contributed by atoms with E-state index in [-0.39, 0.29) is 12.2 Å². The van der Waals surface area contributed by atoms with Crippen LogP contribution in [0.15, 0.2) is 0 Å². The summed E-state index contributed by atoms with van der Waals surface area (Å²) in [7, 11) is 0. The van der Waals surface area contributed by atoms with Gasteiger partial charge in [0.15, 0.2) is 0 Å². The summed E-state index contributed by atoms with van der Waals surface area (Å²) in [6, 6.07) is 0. The van der Waals surface area contributed by atoms with Gasteiger partial charge in [0.25, 0.3) is 0 Å². The predicted octanol–water partition coefficient (Wildman–Crippen LogP) is 1.72. The minimum absolute atomic E-state index is 0.265. The molecule has 0 amide bonds. The third kappa shape index (κ3) is 4.31. The molecule has 1 N–H and O–H groups in total. The van der Waals surface area contributed by atoms with Crippen molar-refractivity contribution in [2.75, 3.05) is 6.61 Å². The monoisotopic (exact) mass is 182 g/mol. The summed E-state index contributed by atoms with van der Waals surface area (Å²) in [4.78, 5) is 0. The number of terminal acetylenes is 1. The van der Waals surface area contributed by atoms with Gasteiger partial charge in [0.1, 0.15) is 0 Å². The quantitative estimate of drug-likeness (QED) is 0.671. The Hall–Kier alpha value is -0.520. The molecular formula is C11H18O2. The summed E-state index contributed by atoms with van der Waals surface area (Å²) in [5.41, 5.74) is 0. The van der Waals surface area contributed by atoms with Crippen molar-refractivity contribution in [3.8, 4) is 12.3 Å². The number of rotatable bonds is 4. The largest absolute Gasteiger partial charge is 0.393 e. The molecule has 74 valence electrons. The van der Waals surface area contributed by atoms with E-state index in [0.717, 1.165) is 25.9 Å². The van der Waals surface area contributed by atoms with Crippen molar-refractivity contribution in [2.45, 2.75) is 50.7 Å². The standard InChI is InChI=1S/C11H18O2/c1-2-3-6-10(12)9-11-7-4-5-8-13-11/h1,10-12H,3-9H2. The molecule has 2 nitrogen and oxygen atoms in total. The molecule has 0 spiro atoms. The molecule has 2 heteroatoms. The lowest BCUT2D eigenvalue weighted by atomic mass is 10.0. The first-order chi connectivity index (χ1) is 6.33. The Bertz CT molecular complexity index is 165. The predicted molar refractivity (Wildman–Crippen MR) is 52.3 cm³/mol. The van der Waals surface area contributed by atoms with E-state index in [1.54, 1.807) is 0 Å². The van der Waals surface area contributed by atoms with Crippen molar-refractivity contribution in [3.05, 3.63) is 0 Å². The lowest BCUT2D eigenvalue weighted by molar-refractivity contribution is -0.0160. The highest BCUT2D eigenvalue weighted by Crippen LogP contribution is 2.18. The van der Waals surface area contributed by atoms with Gasteiger partial charge >= 0.3 is 0 Å². The van der Waals surface area contributed by atoms with Crippen LogP contribution in [0.2, 0.25) is 0 Å². The third-order valence-corrected chi connectivity index (χ3v) is 2.43. The average Bonchev–Trinajstić information content (AvgIpc) is 2.16. The van der Waals surface area contributed by atoms with Gasteiger partial charge in [-0.25, -0.2) is 0 Å². The minimum Gasteiger partial charge on any atom is -0.393 e. The van der Waals surface area contributed by atoms with Gasteiger partial charge in [0.05, 0.1) is 12.2 Å². The molecule has 0 aromatic rings. The molecule has 1 aliphatic rings. The Labute approximate surface area is 80.3 Å². The van der Waals surface area contributed by atoms with Gasteiger partial charge in [-0.15, -0.1) is 12.3 Å². The Morgan fingerprint density at radius 1 is 1.54 bits per heavy atom. The van der Waals surface area contributed by atoms with E-state index in [4.69, 9.17) is 11.2 Å². The van der Waals surface area contributed by atoms with Crippen molar-refractivity contribution < 1.29 is 9.84 Å². The van der Waals surface area contributed by atoms with Crippen LogP contribution in [0.3, 0.4) is 0 Å². The van der Waals surface area contributed by atoms with E-state index in [2.05, 4.69) is 5.92 Å². The van der Waals surface area contributed by atoms with Crippen molar-refractivity contribution in [3.63, 3.8) is 0 Å². The topological polar surface area (TPSA) is 29.5 Å². The van der Waals surface area contributed by atoms with Gasteiger partial charge in [-0.3, -0.25) is 0 Å². The van der Waals surface area contributed by atoms with E-state index < -0.39 is 0 Å². The molecule has 0 bridgehead atoms. The number of aliphatic hydroxyl groups is 1. The van der Waals surface area contributed by atoms with Crippen molar-refractivity contribution in [1.29, 1.82) is 0 Å². The lowest BCUT2D eigenvalue weighted by Crippen LogP contribution is -2.24. The molecular weight excluding hydrogens is 164 g/mol. The van der Waals surface area contributed by atoms with Crippen LogP contribution in [0.5, 0.6) is 0 Å². The van der Waals surface area contributed by atoms with Crippen LogP contribution in [0, 0.1) is 12.3 Å². The first-order valence-corrected chi connectivity index (χ1v) is 5.06. The molecule has 13 heavy (non-hydrogen) atoms. The Morgan fingerprint density at radius 3 is 3.00 bits per heavy atom. The molecule has 0 aliphatic carbocycles. The van der Waals surface area contributed by atoms with Gasteiger partial charge in [0, 0.05) is 13.0 Å². The summed E-state index contributed by atoms with van der Waals surface area (Å²) in [5.74, 6) is 2.54. The van der Waals surface area contributed by atoms with Crippen molar-refractivity contribution in [2.24, 2.45) is 0 Å². The van der Waals surface area contributed by atoms with E-state index >= 15 is 0 Å². The molecule has 1 rings (SSSR count). The molecule has 0 radical (unpaired) electrons. The van der Waals surface area contributed by atoms with Crippen LogP contribution < -0.4 is 0 Å². The first-order valence-electron chi connectivity index (χ1n) is 5.06. The van der Waals surface area contributed by atoms with Gasteiger partial charge in [-0.05, 0) is 32.1 Å². The molecule has 2 atom stereocenters. The van der Waals surface area contributed by atoms with E-state index in [1.165, 1.54) is 6.42 Å². The molecule has 1 aliphatic heterocycles. The van der Waals surface area contributed by atoms with Crippen molar-refractivity contribution in [1.82, 2.24) is 0 Å². The van der Waals surface area contributed by atoms with Crippen LogP contribution in [-0.4, -0.2) is 23.9 Å². The zero-order valence-corrected chi connectivity index (χ0v) is 8.04. The fourth-order valence-corrected chi connectivity index (χ4v) is 1.66. The Morgan fingerprint density at radius 2 is 2.38 bits per heavy atom.